The van der Waals surface area contributed by atoms with Gasteiger partial charge in [-0.05, 0) is 43.5 Å². The van der Waals surface area contributed by atoms with E-state index in [1.807, 2.05) is 20.8 Å². The summed E-state index contributed by atoms with van der Waals surface area (Å²) in [6.45, 7) is 5.94. The Morgan fingerprint density at radius 2 is 1.50 bits per heavy atom. The summed E-state index contributed by atoms with van der Waals surface area (Å²) in [4.78, 5) is -0.0469. The van der Waals surface area contributed by atoms with E-state index in [-0.39, 0.29) is 4.90 Å². The standard InChI is InChI=1S/C14H22ClNO4S2/c1-4-11-16(22(19,20)13(5-2)6-3)12-7-9-14(10-8-12)21(15,17)18/h7-10,13H,4-6,11H2,1-3H3. The third-order valence-electron chi connectivity index (χ3n) is 3.47. The van der Waals surface area contributed by atoms with Crippen LogP contribution in [-0.2, 0) is 19.1 Å². The van der Waals surface area contributed by atoms with E-state index >= 15 is 0 Å². The van der Waals surface area contributed by atoms with E-state index in [0.717, 1.165) is 0 Å². The van der Waals surface area contributed by atoms with Crippen LogP contribution >= 0.6 is 10.7 Å². The van der Waals surface area contributed by atoms with Crippen molar-refractivity contribution in [2.24, 2.45) is 0 Å². The van der Waals surface area contributed by atoms with Crippen molar-refractivity contribution in [3.8, 4) is 0 Å². The van der Waals surface area contributed by atoms with E-state index in [2.05, 4.69) is 0 Å². The summed E-state index contributed by atoms with van der Waals surface area (Å²) in [5, 5.41) is -0.449. The van der Waals surface area contributed by atoms with Gasteiger partial charge in [0.2, 0.25) is 10.0 Å². The second kappa shape index (κ2) is 7.66. The van der Waals surface area contributed by atoms with Crippen LogP contribution in [0.25, 0.3) is 0 Å². The van der Waals surface area contributed by atoms with E-state index in [1.165, 1.54) is 28.6 Å². The molecule has 0 radical (unpaired) electrons. The Labute approximate surface area is 137 Å². The van der Waals surface area contributed by atoms with Crippen molar-refractivity contribution < 1.29 is 16.8 Å². The first-order valence-corrected chi connectivity index (χ1v) is 11.1. The van der Waals surface area contributed by atoms with Gasteiger partial charge in [-0.25, -0.2) is 16.8 Å². The first kappa shape index (κ1) is 19.3. The summed E-state index contributed by atoms with van der Waals surface area (Å²) in [6.07, 6.45) is 1.73. The maximum Gasteiger partial charge on any atom is 0.261 e. The van der Waals surface area contributed by atoms with Crippen LogP contribution in [0, 0.1) is 0 Å². The molecular weight excluding hydrogens is 346 g/mol. The Hall–Kier alpha value is -0.790. The van der Waals surface area contributed by atoms with Crippen molar-refractivity contribution in [1.82, 2.24) is 0 Å². The summed E-state index contributed by atoms with van der Waals surface area (Å²) < 4.78 is 49.4. The number of sulfonamides is 1. The van der Waals surface area contributed by atoms with Gasteiger partial charge in [0.15, 0.2) is 0 Å². The van der Waals surface area contributed by atoms with Gasteiger partial charge in [0.1, 0.15) is 0 Å². The van der Waals surface area contributed by atoms with Crippen molar-refractivity contribution in [3.05, 3.63) is 24.3 Å². The average Bonchev–Trinajstić information content (AvgIpc) is 2.44. The fraction of sp³-hybridized carbons (Fsp3) is 0.571. The Morgan fingerprint density at radius 1 is 1.00 bits per heavy atom. The smallest absolute Gasteiger partial charge is 0.261 e. The third kappa shape index (κ3) is 4.36. The van der Waals surface area contributed by atoms with Crippen molar-refractivity contribution in [2.75, 3.05) is 10.8 Å². The first-order valence-electron chi connectivity index (χ1n) is 7.24. The van der Waals surface area contributed by atoms with Crippen LogP contribution in [-0.4, -0.2) is 28.6 Å². The van der Waals surface area contributed by atoms with E-state index in [0.29, 0.717) is 31.5 Å². The maximum atomic E-state index is 12.7. The molecule has 0 saturated heterocycles. The highest BCUT2D eigenvalue weighted by molar-refractivity contribution is 8.13. The summed E-state index contributed by atoms with van der Waals surface area (Å²) in [5.41, 5.74) is 0.456. The molecule has 126 valence electrons. The quantitative estimate of drug-likeness (QED) is 0.660. The van der Waals surface area contributed by atoms with Gasteiger partial charge in [-0.15, -0.1) is 0 Å². The lowest BCUT2D eigenvalue weighted by Crippen LogP contribution is -2.39. The summed E-state index contributed by atoms with van der Waals surface area (Å²) in [5.74, 6) is 0. The lowest BCUT2D eigenvalue weighted by Gasteiger charge is -2.28. The second-order valence-corrected chi connectivity index (χ2v) is 9.69. The minimum Gasteiger partial charge on any atom is -0.270 e. The number of hydrogen-bond acceptors (Lipinski definition) is 4. The van der Waals surface area contributed by atoms with Crippen LogP contribution in [0.4, 0.5) is 5.69 Å². The van der Waals surface area contributed by atoms with E-state index in [1.54, 1.807) is 0 Å². The highest BCUT2D eigenvalue weighted by atomic mass is 35.7. The fourth-order valence-electron chi connectivity index (χ4n) is 2.27. The number of benzene rings is 1. The maximum absolute atomic E-state index is 12.7. The molecule has 0 aromatic heterocycles. The van der Waals surface area contributed by atoms with E-state index in [4.69, 9.17) is 10.7 Å². The molecule has 5 nitrogen and oxygen atoms in total. The Morgan fingerprint density at radius 3 is 1.86 bits per heavy atom. The minimum atomic E-state index is -3.81. The molecule has 0 spiro atoms. The first-order chi connectivity index (χ1) is 10.2. The zero-order chi connectivity index (χ0) is 17.0. The van der Waals surface area contributed by atoms with Crippen LogP contribution in [0.15, 0.2) is 29.2 Å². The Kier molecular flexibility index (Phi) is 6.70. The summed E-state index contributed by atoms with van der Waals surface area (Å²) in [6, 6.07) is 5.60. The fourth-order valence-corrected chi connectivity index (χ4v) is 5.10. The van der Waals surface area contributed by atoms with Gasteiger partial charge in [0.05, 0.1) is 15.8 Å². The largest absolute Gasteiger partial charge is 0.270 e. The normalized spacial score (nSPS) is 12.6. The highest BCUT2D eigenvalue weighted by Crippen LogP contribution is 2.26. The topological polar surface area (TPSA) is 71.5 Å². The molecule has 0 amide bonds. The molecule has 0 aliphatic carbocycles. The number of rotatable bonds is 8. The molecule has 0 N–H and O–H groups in total. The van der Waals surface area contributed by atoms with Gasteiger partial charge < -0.3 is 0 Å². The molecule has 0 heterocycles. The molecule has 0 aliphatic rings. The van der Waals surface area contributed by atoms with Crippen LogP contribution < -0.4 is 4.31 Å². The molecule has 22 heavy (non-hydrogen) atoms. The van der Waals surface area contributed by atoms with E-state index < -0.39 is 24.3 Å². The predicted octanol–water partition coefficient (Wildman–Crippen LogP) is 3.35. The number of halogens is 1. The van der Waals surface area contributed by atoms with Crippen LogP contribution in [0.2, 0.25) is 0 Å². The van der Waals surface area contributed by atoms with Crippen LogP contribution in [0.1, 0.15) is 40.0 Å². The molecule has 0 atom stereocenters. The monoisotopic (exact) mass is 367 g/mol. The molecule has 0 saturated carbocycles. The third-order valence-corrected chi connectivity index (χ3v) is 7.36. The molecule has 0 aliphatic heterocycles. The lowest BCUT2D eigenvalue weighted by molar-refractivity contribution is 0.565. The van der Waals surface area contributed by atoms with Gasteiger partial charge in [-0.3, -0.25) is 4.31 Å². The van der Waals surface area contributed by atoms with E-state index in [9.17, 15) is 16.8 Å². The van der Waals surface area contributed by atoms with Crippen LogP contribution in [0.5, 0.6) is 0 Å². The van der Waals surface area contributed by atoms with Gasteiger partial charge in [0, 0.05) is 17.2 Å². The van der Waals surface area contributed by atoms with Gasteiger partial charge in [-0.1, -0.05) is 20.8 Å². The molecule has 1 rings (SSSR count). The van der Waals surface area contributed by atoms with Crippen molar-refractivity contribution >= 4 is 35.4 Å². The van der Waals surface area contributed by atoms with Gasteiger partial charge in [-0.2, -0.15) is 0 Å². The van der Waals surface area contributed by atoms with Crippen LogP contribution in [0.3, 0.4) is 0 Å². The zero-order valence-corrected chi connectivity index (χ0v) is 15.4. The molecule has 0 fully saturated rings. The SMILES string of the molecule is CCCN(c1ccc(S(=O)(=O)Cl)cc1)S(=O)(=O)C(CC)CC. The summed E-state index contributed by atoms with van der Waals surface area (Å²) >= 11 is 0. The van der Waals surface area contributed by atoms with Crippen molar-refractivity contribution in [1.29, 1.82) is 0 Å². The van der Waals surface area contributed by atoms with Crippen molar-refractivity contribution in [2.45, 2.75) is 50.2 Å². The molecular formula is C14H22ClNO4S2. The molecule has 0 bridgehead atoms. The number of hydrogen-bond donors (Lipinski definition) is 0. The molecule has 0 unspecified atom stereocenters. The summed E-state index contributed by atoms with van der Waals surface area (Å²) in [7, 11) is -2.01. The Balaban J connectivity index is 3.27. The number of anilines is 1. The number of nitrogens with zero attached hydrogens (tertiary/aromatic N) is 1. The zero-order valence-electron chi connectivity index (χ0n) is 13.0. The van der Waals surface area contributed by atoms with Gasteiger partial charge in [0.25, 0.3) is 9.05 Å². The predicted molar refractivity (Wildman–Crippen MR) is 90.4 cm³/mol. The minimum absolute atomic E-state index is 0.0469. The Bertz CT molecular complexity index is 680. The lowest BCUT2D eigenvalue weighted by atomic mass is 10.3. The van der Waals surface area contributed by atoms with Gasteiger partial charge >= 0.3 is 0 Å². The highest BCUT2D eigenvalue weighted by Gasteiger charge is 2.29. The average molecular weight is 368 g/mol. The molecule has 8 heteroatoms. The molecule has 1 aromatic carbocycles. The van der Waals surface area contributed by atoms with Crippen molar-refractivity contribution in [3.63, 3.8) is 0 Å². The molecule has 1 aromatic rings. The second-order valence-electron chi connectivity index (χ2n) is 4.99.